The Morgan fingerprint density at radius 1 is 1.55 bits per heavy atom. The first-order chi connectivity index (χ1) is 5.04. The molecule has 0 aromatic rings. The first kappa shape index (κ1) is 8.96. The molecule has 0 aromatic carbocycles. The van der Waals surface area contributed by atoms with Crippen molar-refractivity contribution in [1.29, 1.82) is 0 Å². The van der Waals surface area contributed by atoms with Gasteiger partial charge in [0.1, 0.15) is 0 Å². The van der Waals surface area contributed by atoms with Crippen LogP contribution in [-0.4, -0.2) is 25.8 Å². The lowest BCUT2D eigenvalue weighted by molar-refractivity contribution is 0.189. The van der Waals surface area contributed by atoms with Gasteiger partial charge in [0.15, 0.2) is 0 Å². The van der Waals surface area contributed by atoms with E-state index in [0.29, 0.717) is 19.0 Å². The fourth-order valence-electron chi connectivity index (χ4n) is 1.32. The maximum absolute atomic E-state index is 10.7. The van der Waals surface area contributed by atoms with Crippen LogP contribution < -0.4 is 5.14 Å². The minimum Gasteiger partial charge on any atom is -0.216 e. The van der Waals surface area contributed by atoms with Crippen LogP contribution in [0.2, 0.25) is 0 Å². The van der Waals surface area contributed by atoms with Gasteiger partial charge in [-0.05, 0) is 12.3 Å². The van der Waals surface area contributed by atoms with Gasteiger partial charge >= 0.3 is 0 Å². The molecule has 0 amide bonds. The van der Waals surface area contributed by atoms with Gasteiger partial charge in [0.05, 0.1) is 0 Å². The third kappa shape index (κ3) is 2.15. The quantitative estimate of drug-likeness (QED) is 0.657. The molecule has 1 saturated heterocycles. The van der Waals surface area contributed by atoms with E-state index >= 15 is 0 Å². The SMILES string of the molecule is CCCC1CN(S(N)(=O)=O)C1. The molecule has 11 heavy (non-hydrogen) atoms. The maximum Gasteiger partial charge on any atom is 0.276 e. The molecule has 0 radical (unpaired) electrons. The van der Waals surface area contributed by atoms with Crippen molar-refractivity contribution in [1.82, 2.24) is 4.31 Å². The van der Waals surface area contributed by atoms with Crippen LogP contribution in [0.3, 0.4) is 0 Å². The molecule has 0 saturated carbocycles. The Morgan fingerprint density at radius 2 is 2.09 bits per heavy atom. The largest absolute Gasteiger partial charge is 0.276 e. The van der Waals surface area contributed by atoms with Gasteiger partial charge in [-0.25, -0.2) is 5.14 Å². The molecule has 2 N–H and O–H groups in total. The molecule has 66 valence electrons. The van der Waals surface area contributed by atoms with Gasteiger partial charge in [0.25, 0.3) is 10.2 Å². The highest BCUT2D eigenvalue weighted by atomic mass is 32.2. The summed E-state index contributed by atoms with van der Waals surface area (Å²) in [6, 6.07) is 0. The Kier molecular flexibility index (Phi) is 2.51. The first-order valence-electron chi connectivity index (χ1n) is 3.82. The number of rotatable bonds is 3. The number of nitrogens with zero attached hydrogens (tertiary/aromatic N) is 1. The summed E-state index contributed by atoms with van der Waals surface area (Å²) in [5.41, 5.74) is 0. The summed E-state index contributed by atoms with van der Waals surface area (Å²) in [6.45, 7) is 3.33. The lowest BCUT2D eigenvalue weighted by atomic mass is 9.98. The van der Waals surface area contributed by atoms with Crippen molar-refractivity contribution in [2.24, 2.45) is 11.1 Å². The van der Waals surface area contributed by atoms with Crippen LogP contribution in [0.4, 0.5) is 0 Å². The zero-order valence-electron chi connectivity index (χ0n) is 6.66. The zero-order valence-corrected chi connectivity index (χ0v) is 7.47. The molecule has 0 spiro atoms. The molecule has 0 unspecified atom stereocenters. The van der Waals surface area contributed by atoms with E-state index in [0.717, 1.165) is 12.8 Å². The molecule has 5 heteroatoms. The predicted molar refractivity (Wildman–Crippen MR) is 43.1 cm³/mol. The maximum atomic E-state index is 10.7. The van der Waals surface area contributed by atoms with Crippen molar-refractivity contribution < 1.29 is 8.42 Å². The van der Waals surface area contributed by atoms with Crippen LogP contribution in [0, 0.1) is 5.92 Å². The summed E-state index contributed by atoms with van der Waals surface area (Å²) in [5, 5.41) is 4.90. The number of hydrogen-bond acceptors (Lipinski definition) is 2. The van der Waals surface area contributed by atoms with Gasteiger partial charge in [-0.3, -0.25) is 0 Å². The molecule has 0 bridgehead atoms. The second-order valence-electron chi connectivity index (χ2n) is 3.02. The summed E-state index contributed by atoms with van der Waals surface area (Å²) in [5.74, 6) is 0.540. The van der Waals surface area contributed by atoms with Crippen molar-refractivity contribution in [2.75, 3.05) is 13.1 Å². The Morgan fingerprint density at radius 3 is 2.45 bits per heavy atom. The van der Waals surface area contributed by atoms with E-state index in [2.05, 4.69) is 6.92 Å². The normalized spacial score (nSPS) is 21.6. The van der Waals surface area contributed by atoms with Crippen LogP contribution in [0.1, 0.15) is 19.8 Å². The van der Waals surface area contributed by atoms with E-state index in [4.69, 9.17) is 5.14 Å². The van der Waals surface area contributed by atoms with Gasteiger partial charge in [0, 0.05) is 13.1 Å². The van der Waals surface area contributed by atoms with Crippen molar-refractivity contribution in [3.63, 3.8) is 0 Å². The summed E-state index contributed by atoms with van der Waals surface area (Å²) < 4.78 is 22.6. The van der Waals surface area contributed by atoms with Gasteiger partial charge in [-0.2, -0.15) is 12.7 Å². The third-order valence-corrected chi connectivity index (χ3v) is 3.00. The molecule has 1 fully saturated rings. The van der Waals surface area contributed by atoms with Gasteiger partial charge in [-0.1, -0.05) is 13.3 Å². The van der Waals surface area contributed by atoms with Crippen molar-refractivity contribution in [3.05, 3.63) is 0 Å². The molecule has 1 heterocycles. The van der Waals surface area contributed by atoms with Crippen LogP contribution in [0.5, 0.6) is 0 Å². The monoisotopic (exact) mass is 178 g/mol. The number of hydrogen-bond donors (Lipinski definition) is 1. The second kappa shape index (κ2) is 3.08. The standard InChI is InChI=1S/C6H14N2O2S/c1-2-3-6-4-8(5-6)11(7,9)10/h6H,2-5H2,1H3,(H2,7,9,10). The van der Waals surface area contributed by atoms with E-state index in [1.807, 2.05) is 0 Å². The fraction of sp³-hybridized carbons (Fsp3) is 1.00. The van der Waals surface area contributed by atoms with E-state index in [1.54, 1.807) is 0 Å². The molecule has 1 rings (SSSR count). The summed E-state index contributed by atoms with van der Waals surface area (Å²) in [6.07, 6.45) is 2.22. The third-order valence-electron chi connectivity index (χ3n) is 1.98. The minimum absolute atomic E-state index is 0.540. The van der Waals surface area contributed by atoms with Crippen LogP contribution in [0.15, 0.2) is 0 Å². The highest BCUT2D eigenvalue weighted by Gasteiger charge is 2.32. The molecule has 0 aromatic heterocycles. The topological polar surface area (TPSA) is 63.4 Å². The number of nitrogens with two attached hydrogens (primary N) is 1. The average molecular weight is 178 g/mol. The van der Waals surface area contributed by atoms with Gasteiger partial charge < -0.3 is 0 Å². The van der Waals surface area contributed by atoms with Gasteiger partial charge in [-0.15, -0.1) is 0 Å². The first-order valence-corrected chi connectivity index (χ1v) is 5.32. The molecule has 4 nitrogen and oxygen atoms in total. The van der Waals surface area contributed by atoms with E-state index < -0.39 is 10.2 Å². The van der Waals surface area contributed by atoms with Crippen molar-refractivity contribution in [2.45, 2.75) is 19.8 Å². The van der Waals surface area contributed by atoms with Crippen LogP contribution in [0.25, 0.3) is 0 Å². The van der Waals surface area contributed by atoms with E-state index in [-0.39, 0.29) is 0 Å². The molecule has 1 aliphatic heterocycles. The Bertz CT molecular complexity index is 219. The molecule has 0 atom stereocenters. The molecular weight excluding hydrogens is 164 g/mol. The smallest absolute Gasteiger partial charge is 0.216 e. The molecule has 0 aliphatic carbocycles. The fourth-order valence-corrected chi connectivity index (χ4v) is 2.16. The second-order valence-corrected chi connectivity index (χ2v) is 4.56. The highest BCUT2D eigenvalue weighted by Crippen LogP contribution is 2.21. The summed E-state index contributed by atoms with van der Waals surface area (Å²) >= 11 is 0. The summed E-state index contributed by atoms with van der Waals surface area (Å²) in [7, 11) is -3.38. The minimum atomic E-state index is -3.38. The Hall–Kier alpha value is -0.130. The van der Waals surface area contributed by atoms with Crippen LogP contribution >= 0.6 is 0 Å². The lowest BCUT2D eigenvalue weighted by Crippen LogP contribution is -2.52. The summed E-state index contributed by atoms with van der Waals surface area (Å²) in [4.78, 5) is 0. The Labute approximate surface area is 67.6 Å². The Balaban J connectivity index is 2.30. The van der Waals surface area contributed by atoms with Crippen molar-refractivity contribution >= 4 is 10.2 Å². The highest BCUT2D eigenvalue weighted by molar-refractivity contribution is 7.86. The van der Waals surface area contributed by atoms with E-state index in [9.17, 15) is 8.42 Å². The molecule has 1 aliphatic rings. The zero-order chi connectivity index (χ0) is 8.48. The van der Waals surface area contributed by atoms with Gasteiger partial charge in [0.2, 0.25) is 0 Å². The van der Waals surface area contributed by atoms with Crippen molar-refractivity contribution in [3.8, 4) is 0 Å². The predicted octanol–water partition coefficient (Wildman–Crippen LogP) is -0.0782. The van der Waals surface area contributed by atoms with Crippen LogP contribution in [-0.2, 0) is 10.2 Å². The molecular formula is C6H14N2O2S. The lowest BCUT2D eigenvalue weighted by Gasteiger charge is -2.36. The average Bonchev–Trinajstić information content (AvgIpc) is 1.74. The van der Waals surface area contributed by atoms with E-state index in [1.165, 1.54) is 4.31 Å².